The maximum Gasteiger partial charge on any atom is 0.236 e. The number of likely N-dealkylation sites (tertiary alicyclic amines) is 1. The van der Waals surface area contributed by atoms with Gasteiger partial charge in [0, 0.05) is 19.6 Å². The number of aliphatic hydroxyl groups excluding tert-OH is 2. The van der Waals surface area contributed by atoms with E-state index in [1.807, 2.05) is 4.90 Å². The Hall–Kier alpha value is -0.650. The fraction of sp³-hybridized carbons (Fsp3) is 0.889. The summed E-state index contributed by atoms with van der Waals surface area (Å²) in [7, 11) is 0. The highest BCUT2D eigenvalue weighted by molar-refractivity contribution is 5.78. The minimum absolute atomic E-state index is 0.0765. The average Bonchev–Trinajstić information content (AvgIpc) is 2.70. The number of nitrogens with one attached hydrogen (secondary N) is 1. The Labute approximate surface area is 83.7 Å². The Morgan fingerprint density at radius 2 is 2.07 bits per heavy atom. The Morgan fingerprint density at radius 3 is 2.64 bits per heavy atom. The largest absolute Gasteiger partial charge is 0.394 e. The Kier molecular flexibility index (Phi) is 4.86. The van der Waals surface area contributed by atoms with Crippen LogP contribution in [0.25, 0.3) is 0 Å². The molecule has 1 amide bonds. The third-order valence-electron chi connectivity index (χ3n) is 2.33. The van der Waals surface area contributed by atoms with Gasteiger partial charge in [-0.3, -0.25) is 4.79 Å². The highest BCUT2D eigenvalue weighted by Gasteiger charge is 2.17. The van der Waals surface area contributed by atoms with Gasteiger partial charge in [0.25, 0.3) is 0 Å². The lowest BCUT2D eigenvalue weighted by Gasteiger charge is -2.16. The number of rotatable bonds is 5. The predicted octanol–water partition coefficient (Wildman–Crippen LogP) is -1.45. The summed E-state index contributed by atoms with van der Waals surface area (Å²) in [6, 6.07) is 0. The van der Waals surface area contributed by atoms with Crippen molar-refractivity contribution in [3.05, 3.63) is 0 Å². The van der Waals surface area contributed by atoms with Crippen molar-refractivity contribution in [1.82, 2.24) is 10.2 Å². The molecule has 0 unspecified atom stereocenters. The molecule has 0 spiro atoms. The van der Waals surface area contributed by atoms with Crippen LogP contribution in [0.5, 0.6) is 0 Å². The lowest BCUT2D eigenvalue weighted by molar-refractivity contribution is -0.129. The van der Waals surface area contributed by atoms with Gasteiger partial charge in [0.1, 0.15) is 0 Å². The van der Waals surface area contributed by atoms with Crippen LogP contribution < -0.4 is 5.32 Å². The number of aliphatic hydroxyl groups is 2. The second-order valence-corrected chi connectivity index (χ2v) is 3.56. The molecule has 82 valence electrons. The molecule has 1 rings (SSSR count). The molecule has 0 saturated carbocycles. The molecule has 5 heteroatoms. The van der Waals surface area contributed by atoms with Gasteiger partial charge in [0.15, 0.2) is 0 Å². The molecule has 0 aromatic heterocycles. The Balaban J connectivity index is 2.08. The van der Waals surface area contributed by atoms with Crippen molar-refractivity contribution in [3.8, 4) is 0 Å². The van der Waals surface area contributed by atoms with Gasteiger partial charge in [-0.25, -0.2) is 0 Å². The van der Waals surface area contributed by atoms with Crippen LogP contribution in [0.4, 0.5) is 0 Å². The van der Waals surface area contributed by atoms with E-state index in [2.05, 4.69) is 5.32 Å². The monoisotopic (exact) mass is 202 g/mol. The highest BCUT2D eigenvalue weighted by atomic mass is 16.3. The van der Waals surface area contributed by atoms with Crippen LogP contribution in [-0.2, 0) is 4.79 Å². The van der Waals surface area contributed by atoms with Crippen LogP contribution in [0.2, 0.25) is 0 Å². The van der Waals surface area contributed by atoms with Crippen molar-refractivity contribution in [3.63, 3.8) is 0 Å². The number of hydrogen-bond acceptors (Lipinski definition) is 4. The van der Waals surface area contributed by atoms with Gasteiger partial charge < -0.3 is 20.4 Å². The van der Waals surface area contributed by atoms with Gasteiger partial charge in [0.05, 0.1) is 19.3 Å². The maximum absolute atomic E-state index is 11.4. The third kappa shape index (κ3) is 3.61. The zero-order valence-corrected chi connectivity index (χ0v) is 8.28. The van der Waals surface area contributed by atoms with E-state index in [1.54, 1.807) is 0 Å². The van der Waals surface area contributed by atoms with Gasteiger partial charge in [-0.1, -0.05) is 0 Å². The highest BCUT2D eigenvalue weighted by Crippen LogP contribution is 2.06. The van der Waals surface area contributed by atoms with E-state index in [1.165, 1.54) is 0 Å². The predicted molar refractivity (Wildman–Crippen MR) is 51.8 cm³/mol. The topological polar surface area (TPSA) is 72.8 Å². The van der Waals surface area contributed by atoms with Crippen molar-refractivity contribution in [2.24, 2.45) is 0 Å². The Morgan fingerprint density at radius 1 is 1.43 bits per heavy atom. The second-order valence-electron chi connectivity index (χ2n) is 3.56. The fourth-order valence-electron chi connectivity index (χ4n) is 1.49. The first-order valence-corrected chi connectivity index (χ1v) is 5.01. The fourth-order valence-corrected chi connectivity index (χ4v) is 1.49. The molecule has 1 aliphatic rings. The lowest BCUT2D eigenvalue weighted by atomic mass is 10.3. The average molecular weight is 202 g/mol. The van der Waals surface area contributed by atoms with Crippen molar-refractivity contribution in [1.29, 1.82) is 0 Å². The summed E-state index contributed by atoms with van der Waals surface area (Å²) in [4.78, 5) is 13.3. The molecule has 1 atom stereocenters. The summed E-state index contributed by atoms with van der Waals surface area (Å²) in [6.07, 6.45) is 1.40. The van der Waals surface area contributed by atoms with Gasteiger partial charge in [-0.05, 0) is 12.8 Å². The first-order chi connectivity index (χ1) is 6.74. The van der Waals surface area contributed by atoms with Crippen molar-refractivity contribution in [2.45, 2.75) is 18.9 Å². The molecule has 1 saturated heterocycles. The third-order valence-corrected chi connectivity index (χ3v) is 2.33. The zero-order chi connectivity index (χ0) is 10.4. The van der Waals surface area contributed by atoms with Crippen LogP contribution in [0.1, 0.15) is 12.8 Å². The van der Waals surface area contributed by atoms with E-state index in [4.69, 9.17) is 10.2 Å². The quantitative estimate of drug-likeness (QED) is 0.510. The SMILES string of the molecule is O=C(CNC[C@H](O)CO)N1CCCC1. The molecule has 1 heterocycles. The standard InChI is InChI=1S/C9H18N2O3/c12-7-8(13)5-10-6-9(14)11-3-1-2-4-11/h8,10,12-13H,1-7H2/t8-/m0/s1. The molecule has 0 bridgehead atoms. The summed E-state index contributed by atoms with van der Waals surface area (Å²) in [5.41, 5.74) is 0. The molecule has 3 N–H and O–H groups in total. The van der Waals surface area contributed by atoms with E-state index in [0.29, 0.717) is 0 Å². The van der Waals surface area contributed by atoms with Gasteiger partial charge in [-0.2, -0.15) is 0 Å². The van der Waals surface area contributed by atoms with E-state index < -0.39 is 6.10 Å². The number of amides is 1. The number of hydrogen-bond donors (Lipinski definition) is 3. The van der Waals surface area contributed by atoms with Crippen molar-refractivity contribution in [2.75, 3.05) is 32.8 Å². The summed E-state index contributed by atoms with van der Waals surface area (Å²) < 4.78 is 0. The van der Waals surface area contributed by atoms with Crippen LogP contribution in [-0.4, -0.2) is 59.9 Å². The molecular formula is C9H18N2O3. The van der Waals surface area contributed by atoms with Crippen LogP contribution in [0.3, 0.4) is 0 Å². The zero-order valence-electron chi connectivity index (χ0n) is 8.28. The number of nitrogens with zero attached hydrogens (tertiary/aromatic N) is 1. The van der Waals surface area contributed by atoms with Gasteiger partial charge in [0.2, 0.25) is 5.91 Å². The molecule has 0 radical (unpaired) electrons. The molecule has 0 aromatic carbocycles. The van der Waals surface area contributed by atoms with Crippen molar-refractivity contribution < 1.29 is 15.0 Å². The lowest BCUT2D eigenvalue weighted by Crippen LogP contribution is -2.39. The molecule has 14 heavy (non-hydrogen) atoms. The van der Waals surface area contributed by atoms with E-state index in [9.17, 15) is 4.79 Å². The molecule has 0 aromatic rings. The molecule has 0 aliphatic carbocycles. The van der Waals surface area contributed by atoms with Crippen LogP contribution >= 0.6 is 0 Å². The second kappa shape index (κ2) is 5.95. The maximum atomic E-state index is 11.4. The van der Waals surface area contributed by atoms with Crippen molar-refractivity contribution >= 4 is 5.91 Å². The van der Waals surface area contributed by atoms with Gasteiger partial charge in [-0.15, -0.1) is 0 Å². The first kappa shape index (κ1) is 11.4. The van der Waals surface area contributed by atoms with E-state index in [0.717, 1.165) is 25.9 Å². The number of carbonyl (C=O) groups is 1. The molecule has 1 aliphatic heterocycles. The van der Waals surface area contributed by atoms with Crippen LogP contribution in [0, 0.1) is 0 Å². The Bertz CT molecular complexity index is 181. The minimum Gasteiger partial charge on any atom is -0.394 e. The number of carbonyl (C=O) groups excluding carboxylic acids is 1. The summed E-state index contributed by atoms with van der Waals surface area (Å²) >= 11 is 0. The molecular weight excluding hydrogens is 184 g/mol. The summed E-state index contributed by atoms with van der Waals surface area (Å²) in [5.74, 6) is 0.0765. The van der Waals surface area contributed by atoms with E-state index >= 15 is 0 Å². The summed E-state index contributed by atoms with van der Waals surface area (Å²) in [6.45, 7) is 1.93. The minimum atomic E-state index is -0.777. The van der Waals surface area contributed by atoms with Crippen LogP contribution in [0.15, 0.2) is 0 Å². The first-order valence-electron chi connectivity index (χ1n) is 5.01. The van der Waals surface area contributed by atoms with E-state index in [-0.39, 0.29) is 25.6 Å². The normalized spacial score (nSPS) is 18.6. The molecule has 1 fully saturated rings. The smallest absolute Gasteiger partial charge is 0.236 e. The van der Waals surface area contributed by atoms with Gasteiger partial charge >= 0.3 is 0 Å². The summed E-state index contributed by atoms with van der Waals surface area (Å²) in [5, 5.41) is 20.3. The molecule has 5 nitrogen and oxygen atoms in total.